The average molecular weight is 204 g/mol. The van der Waals surface area contributed by atoms with E-state index >= 15 is 0 Å². The number of benzene rings is 1. The van der Waals surface area contributed by atoms with Crippen LogP contribution in [0, 0.1) is 11.6 Å². The van der Waals surface area contributed by atoms with Gasteiger partial charge in [0.25, 0.3) is 0 Å². The number of hydrogen-bond acceptors (Lipinski definition) is 1. The molecule has 2 rings (SSSR count). The summed E-state index contributed by atoms with van der Waals surface area (Å²) < 4.78 is 25.5. The van der Waals surface area contributed by atoms with Crippen molar-refractivity contribution in [2.45, 2.75) is 18.9 Å². The number of nitrogens with one attached hydrogen (secondary N) is 1. The van der Waals surface area contributed by atoms with Crippen LogP contribution in [0.3, 0.4) is 0 Å². The molecule has 0 saturated heterocycles. The van der Waals surface area contributed by atoms with Crippen LogP contribution in [-0.4, -0.2) is 6.04 Å². The van der Waals surface area contributed by atoms with Crippen molar-refractivity contribution in [3.63, 3.8) is 0 Å². The lowest BCUT2D eigenvalue weighted by atomic mass is 10.3. The van der Waals surface area contributed by atoms with E-state index in [-0.39, 0.29) is 5.02 Å². The Morgan fingerprint density at radius 1 is 1.31 bits per heavy atom. The molecule has 1 saturated carbocycles. The summed E-state index contributed by atoms with van der Waals surface area (Å²) in [7, 11) is 0. The number of halogens is 3. The highest BCUT2D eigenvalue weighted by atomic mass is 35.5. The molecule has 1 nitrogen and oxygen atoms in total. The molecule has 1 aliphatic carbocycles. The van der Waals surface area contributed by atoms with Crippen LogP contribution in [0.25, 0.3) is 0 Å². The standard InChI is InChI=1S/C9H8ClF2N/c10-8-7(13-5-1-2-5)4-3-6(11)9(8)12/h3-5,13H,1-2H2. The van der Waals surface area contributed by atoms with Gasteiger partial charge in [-0.25, -0.2) is 8.78 Å². The van der Waals surface area contributed by atoms with Gasteiger partial charge in [-0.2, -0.15) is 0 Å². The molecule has 1 aromatic carbocycles. The van der Waals surface area contributed by atoms with Crippen LogP contribution in [0.4, 0.5) is 14.5 Å². The van der Waals surface area contributed by atoms with Crippen molar-refractivity contribution < 1.29 is 8.78 Å². The SMILES string of the molecule is Fc1ccc(NC2CC2)c(Cl)c1F. The van der Waals surface area contributed by atoms with Gasteiger partial charge in [0.15, 0.2) is 11.6 Å². The van der Waals surface area contributed by atoms with Crippen molar-refractivity contribution in [1.29, 1.82) is 0 Å². The molecule has 0 amide bonds. The molecule has 1 aliphatic rings. The Bertz CT molecular complexity index is 337. The molecule has 0 aliphatic heterocycles. The number of hydrogen-bond donors (Lipinski definition) is 1. The molecule has 0 aromatic heterocycles. The fraction of sp³-hybridized carbons (Fsp3) is 0.333. The lowest BCUT2D eigenvalue weighted by Gasteiger charge is -2.07. The zero-order valence-electron chi connectivity index (χ0n) is 6.78. The summed E-state index contributed by atoms with van der Waals surface area (Å²) in [5.41, 5.74) is 0.475. The van der Waals surface area contributed by atoms with Crippen LogP contribution in [0.15, 0.2) is 12.1 Å². The van der Waals surface area contributed by atoms with Crippen molar-refractivity contribution in [3.8, 4) is 0 Å². The maximum absolute atomic E-state index is 12.9. The van der Waals surface area contributed by atoms with Gasteiger partial charge in [-0.1, -0.05) is 11.6 Å². The number of anilines is 1. The van der Waals surface area contributed by atoms with Gasteiger partial charge < -0.3 is 5.32 Å². The van der Waals surface area contributed by atoms with Crippen LogP contribution in [0.1, 0.15) is 12.8 Å². The molecule has 1 fully saturated rings. The second-order valence-electron chi connectivity index (χ2n) is 3.14. The van der Waals surface area contributed by atoms with Crippen LogP contribution in [0.5, 0.6) is 0 Å². The minimum Gasteiger partial charge on any atom is -0.381 e. The Balaban J connectivity index is 2.29. The first kappa shape index (κ1) is 8.75. The Kier molecular flexibility index (Phi) is 2.12. The van der Waals surface area contributed by atoms with Crippen molar-refractivity contribution in [2.75, 3.05) is 5.32 Å². The smallest absolute Gasteiger partial charge is 0.179 e. The average Bonchev–Trinajstić information content (AvgIpc) is 2.90. The van der Waals surface area contributed by atoms with E-state index in [0.29, 0.717) is 11.7 Å². The third-order valence-electron chi connectivity index (χ3n) is 1.97. The summed E-state index contributed by atoms with van der Waals surface area (Å²) in [6.07, 6.45) is 2.13. The van der Waals surface area contributed by atoms with Gasteiger partial charge in [0, 0.05) is 6.04 Å². The zero-order chi connectivity index (χ0) is 9.42. The largest absolute Gasteiger partial charge is 0.381 e. The fourth-order valence-corrected chi connectivity index (χ4v) is 1.29. The molecule has 0 unspecified atom stereocenters. The van der Waals surface area contributed by atoms with Crippen molar-refractivity contribution in [2.24, 2.45) is 0 Å². The van der Waals surface area contributed by atoms with E-state index in [0.717, 1.165) is 18.9 Å². The lowest BCUT2D eigenvalue weighted by molar-refractivity contribution is 0.509. The molecule has 70 valence electrons. The Hall–Kier alpha value is -0.830. The second-order valence-corrected chi connectivity index (χ2v) is 3.52. The van der Waals surface area contributed by atoms with E-state index in [9.17, 15) is 8.78 Å². The van der Waals surface area contributed by atoms with Gasteiger partial charge >= 0.3 is 0 Å². The Morgan fingerprint density at radius 2 is 2.00 bits per heavy atom. The first-order valence-corrected chi connectivity index (χ1v) is 4.46. The molecular formula is C9H8ClF2N. The fourth-order valence-electron chi connectivity index (χ4n) is 1.08. The predicted octanol–water partition coefficient (Wildman–Crippen LogP) is 3.19. The van der Waals surface area contributed by atoms with E-state index in [2.05, 4.69) is 5.32 Å². The lowest BCUT2D eigenvalue weighted by Crippen LogP contribution is -2.02. The van der Waals surface area contributed by atoms with Crippen molar-refractivity contribution in [1.82, 2.24) is 0 Å². The monoisotopic (exact) mass is 203 g/mol. The Labute approximate surface area is 79.7 Å². The predicted molar refractivity (Wildman–Crippen MR) is 48.0 cm³/mol. The molecule has 0 atom stereocenters. The van der Waals surface area contributed by atoms with E-state index in [1.54, 1.807) is 0 Å². The van der Waals surface area contributed by atoms with Gasteiger partial charge in [0.2, 0.25) is 0 Å². The van der Waals surface area contributed by atoms with E-state index in [4.69, 9.17) is 11.6 Å². The molecule has 1 N–H and O–H groups in total. The second kappa shape index (κ2) is 3.14. The highest BCUT2D eigenvalue weighted by Crippen LogP contribution is 2.31. The van der Waals surface area contributed by atoms with Gasteiger partial charge in [-0.05, 0) is 25.0 Å². The first-order chi connectivity index (χ1) is 6.18. The highest BCUT2D eigenvalue weighted by molar-refractivity contribution is 6.33. The molecule has 4 heteroatoms. The minimum absolute atomic E-state index is 0.160. The minimum atomic E-state index is -0.979. The van der Waals surface area contributed by atoms with Crippen LogP contribution in [-0.2, 0) is 0 Å². The highest BCUT2D eigenvalue weighted by Gasteiger charge is 2.22. The third kappa shape index (κ3) is 1.75. The van der Waals surface area contributed by atoms with E-state index in [1.165, 1.54) is 6.07 Å². The topological polar surface area (TPSA) is 12.0 Å². The molecule has 0 radical (unpaired) electrons. The summed E-state index contributed by atoms with van der Waals surface area (Å²) >= 11 is 5.59. The van der Waals surface area contributed by atoms with Crippen LogP contribution < -0.4 is 5.32 Å². The summed E-state index contributed by atoms with van der Waals surface area (Å²) in [5, 5.41) is 2.85. The van der Waals surface area contributed by atoms with Crippen molar-refractivity contribution in [3.05, 3.63) is 28.8 Å². The quantitative estimate of drug-likeness (QED) is 0.728. The number of rotatable bonds is 2. The summed E-state index contributed by atoms with van der Waals surface area (Å²) in [4.78, 5) is 0. The van der Waals surface area contributed by atoms with Gasteiger partial charge in [-0.3, -0.25) is 0 Å². The molecule has 13 heavy (non-hydrogen) atoms. The van der Waals surface area contributed by atoms with E-state index < -0.39 is 11.6 Å². The summed E-state index contributed by atoms with van der Waals surface area (Å²) in [6, 6.07) is 2.91. The van der Waals surface area contributed by atoms with Gasteiger partial charge in [0.05, 0.1) is 5.69 Å². The van der Waals surface area contributed by atoms with Crippen LogP contribution in [0.2, 0.25) is 5.02 Å². The van der Waals surface area contributed by atoms with Crippen molar-refractivity contribution >= 4 is 17.3 Å². The molecular weight excluding hydrogens is 196 g/mol. The molecule has 0 bridgehead atoms. The summed E-state index contributed by atoms with van der Waals surface area (Å²) in [5.74, 6) is -1.89. The normalized spacial score (nSPS) is 15.9. The van der Waals surface area contributed by atoms with Gasteiger partial charge in [-0.15, -0.1) is 0 Å². The third-order valence-corrected chi connectivity index (χ3v) is 2.34. The zero-order valence-corrected chi connectivity index (χ0v) is 7.54. The Morgan fingerprint density at radius 3 is 2.62 bits per heavy atom. The molecule has 1 aromatic rings. The molecule has 0 spiro atoms. The van der Waals surface area contributed by atoms with Crippen LogP contribution >= 0.6 is 11.6 Å². The maximum atomic E-state index is 12.9. The summed E-state index contributed by atoms with van der Waals surface area (Å²) in [6.45, 7) is 0. The van der Waals surface area contributed by atoms with Gasteiger partial charge in [0.1, 0.15) is 5.02 Å². The molecule has 0 heterocycles. The maximum Gasteiger partial charge on any atom is 0.179 e. The van der Waals surface area contributed by atoms with E-state index in [1.807, 2.05) is 0 Å². The first-order valence-electron chi connectivity index (χ1n) is 4.08.